The first kappa shape index (κ1) is 7.32. The highest BCUT2D eigenvalue weighted by Crippen LogP contribution is 2.22. The molecule has 0 aliphatic carbocycles. The molecule has 0 aromatic heterocycles. The lowest BCUT2D eigenvalue weighted by molar-refractivity contribution is 0.466. The topological polar surface area (TPSA) is 24.4 Å². The second-order valence-corrected chi connectivity index (χ2v) is 3.51. The van der Waals surface area contributed by atoms with E-state index in [1.165, 1.54) is 5.70 Å². The Morgan fingerprint density at radius 2 is 2.20 bits per heavy atom. The summed E-state index contributed by atoms with van der Waals surface area (Å²) < 4.78 is 0. The van der Waals surface area contributed by atoms with Gasteiger partial charge in [0.2, 0.25) is 0 Å². The highest BCUT2D eigenvalue weighted by atomic mass is 14.9. The zero-order valence-electron chi connectivity index (χ0n) is 6.81. The second kappa shape index (κ2) is 2.45. The molecule has 0 saturated carbocycles. The van der Waals surface area contributed by atoms with Gasteiger partial charge in [-0.15, -0.1) is 0 Å². The van der Waals surface area contributed by atoms with Gasteiger partial charge in [-0.1, -0.05) is 20.8 Å². The number of allylic oxidation sites excluding steroid dienone is 1. The average Bonchev–Trinajstić information content (AvgIpc) is 1.88. The van der Waals surface area contributed by atoms with Crippen LogP contribution in [0.15, 0.2) is 16.9 Å². The summed E-state index contributed by atoms with van der Waals surface area (Å²) >= 11 is 0. The first-order valence-electron chi connectivity index (χ1n) is 3.57. The molecule has 2 heteroatoms. The van der Waals surface area contributed by atoms with Crippen LogP contribution in [0.25, 0.3) is 0 Å². The Hall–Kier alpha value is -0.790. The zero-order valence-corrected chi connectivity index (χ0v) is 6.81. The largest absolute Gasteiger partial charge is 0.382 e. The second-order valence-electron chi connectivity index (χ2n) is 3.51. The standard InChI is InChI=1S/C8H14N2/c1-8(2,3)7-6-9-4-5-10-7/h4,6,10H,5H2,1-3H3. The van der Waals surface area contributed by atoms with Gasteiger partial charge in [-0.05, 0) is 0 Å². The molecular formula is C8H14N2. The van der Waals surface area contributed by atoms with Crippen molar-refractivity contribution in [1.29, 1.82) is 0 Å². The van der Waals surface area contributed by atoms with Crippen molar-refractivity contribution < 1.29 is 0 Å². The van der Waals surface area contributed by atoms with E-state index in [-0.39, 0.29) is 5.41 Å². The van der Waals surface area contributed by atoms with Crippen LogP contribution in [0, 0.1) is 5.41 Å². The Morgan fingerprint density at radius 1 is 1.50 bits per heavy atom. The van der Waals surface area contributed by atoms with E-state index in [0.29, 0.717) is 0 Å². The predicted octanol–water partition coefficient (Wildman–Crippen LogP) is 1.55. The van der Waals surface area contributed by atoms with E-state index >= 15 is 0 Å². The van der Waals surface area contributed by atoms with Gasteiger partial charge >= 0.3 is 0 Å². The lowest BCUT2D eigenvalue weighted by Crippen LogP contribution is -2.27. The lowest BCUT2D eigenvalue weighted by atomic mass is 9.92. The van der Waals surface area contributed by atoms with Crippen molar-refractivity contribution in [1.82, 2.24) is 5.32 Å². The van der Waals surface area contributed by atoms with Gasteiger partial charge in [0, 0.05) is 23.5 Å². The van der Waals surface area contributed by atoms with E-state index < -0.39 is 0 Å². The molecule has 0 aromatic carbocycles. The van der Waals surface area contributed by atoms with E-state index in [0.717, 1.165) is 6.54 Å². The van der Waals surface area contributed by atoms with Crippen LogP contribution in [0.4, 0.5) is 0 Å². The lowest BCUT2D eigenvalue weighted by Gasteiger charge is -2.24. The summed E-state index contributed by atoms with van der Waals surface area (Å²) in [4.78, 5) is 4.08. The van der Waals surface area contributed by atoms with Crippen molar-refractivity contribution in [2.24, 2.45) is 10.4 Å². The molecule has 0 bridgehead atoms. The van der Waals surface area contributed by atoms with Crippen LogP contribution in [-0.4, -0.2) is 12.8 Å². The van der Waals surface area contributed by atoms with E-state index in [9.17, 15) is 0 Å². The third-order valence-corrected chi connectivity index (χ3v) is 1.50. The Labute approximate surface area is 62.0 Å². The van der Waals surface area contributed by atoms with Gasteiger partial charge in [0.15, 0.2) is 0 Å². The Bertz CT molecular complexity index is 172. The molecule has 0 atom stereocenters. The molecule has 2 nitrogen and oxygen atoms in total. The summed E-state index contributed by atoms with van der Waals surface area (Å²) in [5, 5.41) is 3.27. The van der Waals surface area contributed by atoms with Crippen LogP contribution < -0.4 is 5.32 Å². The minimum Gasteiger partial charge on any atom is -0.382 e. The van der Waals surface area contributed by atoms with Gasteiger partial charge in [0.25, 0.3) is 0 Å². The summed E-state index contributed by atoms with van der Waals surface area (Å²) in [6.07, 6.45) is 3.76. The minimum absolute atomic E-state index is 0.206. The molecule has 0 aromatic rings. The van der Waals surface area contributed by atoms with Crippen molar-refractivity contribution in [3.05, 3.63) is 11.9 Å². The van der Waals surface area contributed by atoms with E-state index in [1.807, 2.05) is 12.4 Å². The first-order valence-corrected chi connectivity index (χ1v) is 3.57. The highest BCUT2D eigenvalue weighted by Gasteiger charge is 2.16. The van der Waals surface area contributed by atoms with Crippen molar-refractivity contribution >= 4 is 6.21 Å². The molecule has 0 amide bonds. The normalized spacial score (nSPS) is 18.1. The molecule has 1 aliphatic rings. The number of hydrogen-bond acceptors (Lipinski definition) is 2. The number of nitrogens with one attached hydrogen (secondary N) is 1. The van der Waals surface area contributed by atoms with Crippen LogP contribution in [0.1, 0.15) is 20.8 Å². The fourth-order valence-corrected chi connectivity index (χ4v) is 0.840. The molecule has 0 fully saturated rings. The Balaban J connectivity index is 2.72. The Kier molecular flexibility index (Phi) is 1.79. The third kappa shape index (κ3) is 1.59. The monoisotopic (exact) mass is 138 g/mol. The molecule has 0 unspecified atom stereocenters. The van der Waals surface area contributed by atoms with Gasteiger partial charge in [-0.25, -0.2) is 0 Å². The summed E-state index contributed by atoms with van der Waals surface area (Å²) in [6, 6.07) is 0. The molecule has 0 saturated heterocycles. The molecular weight excluding hydrogens is 124 g/mol. The fourth-order valence-electron chi connectivity index (χ4n) is 0.840. The molecule has 1 heterocycles. The van der Waals surface area contributed by atoms with Crippen LogP contribution in [0.5, 0.6) is 0 Å². The minimum atomic E-state index is 0.206. The van der Waals surface area contributed by atoms with Crippen molar-refractivity contribution in [3.63, 3.8) is 0 Å². The van der Waals surface area contributed by atoms with E-state index in [2.05, 4.69) is 31.1 Å². The van der Waals surface area contributed by atoms with Crippen molar-refractivity contribution in [3.8, 4) is 0 Å². The zero-order chi connectivity index (χ0) is 7.61. The summed E-state index contributed by atoms with van der Waals surface area (Å²) in [6.45, 7) is 7.38. The van der Waals surface area contributed by atoms with E-state index in [1.54, 1.807) is 0 Å². The summed E-state index contributed by atoms with van der Waals surface area (Å²) in [7, 11) is 0. The fraction of sp³-hybridized carbons (Fsp3) is 0.625. The molecule has 10 heavy (non-hydrogen) atoms. The molecule has 1 aliphatic heterocycles. The van der Waals surface area contributed by atoms with Crippen LogP contribution in [0.3, 0.4) is 0 Å². The van der Waals surface area contributed by atoms with Gasteiger partial charge in [0.1, 0.15) is 0 Å². The molecule has 1 rings (SSSR count). The van der Waals surface area contributed by atoms with E-state index in [4.69, 9.17) is 0 Å². The van der Waals surface area contributed by atoms with Gasteiger partial charge in [-0.2, -0.15) is 0 Å². The van der Waals surface area contributed by atoms with Gasteiger partial charge in [-0.3, -0.25) is 4.99 Å². The smallest absolute Gasteiger partial charge is 0.0501 e. The predicted molar refractivity (Wildman–Crippen MR) is 44.0 cm³/mol. The quantitative estimate of drug-likeness (QED) is 0.539. The van der Waals surface area contributed by atoms with Crippen molar-refractivity contribution in [2.75, 3.05) is 6.54 Å². The van der Waals surface area contributed by atoms with Crippen LogP contribution in [-0.2, 0) is 0 Å². The highest BCUT2D eigenvalue weighted by molar-refractivity contribution is 5.62. The average molecular weight is 138 g/mol. The molecule has 0 spiro atoms. The molecule has 1 N–H and O–H groups in total. The maximum absolute atomic E-state index is 4.08. The van der Waals surface area contributed by atoms with Gasteiger partial charge < -0.3 is 5.32 Å². The number of hydrogen-bond donors (Lipinski definition) is 1. The molecule has 56 valence electrons. The number of rotatable bonds is 0. The molecule has 0 radical (unpaired) electrons. The summed E-state index contributed by atoms with van der Waals surface area (Å²) in [5.74, 6) is 0. The Morgan fingerprint density at radius 3 is 2.50 bits per heavy atom. The number of nitrogens with zero attached hydrogens (tertiary/aromatic N) is 1. The maximum atomic E-state index is 4.08. The maximum Gasteiger partial charge on any atom is 0.0501 e. The van der Waals surface area contributed by atoms with Crippen LogP contribution in [0.2, 0.25) is 0 Å². The first-order chi connectivity index (χ1) is 4.61. The number of aliphatic imine (C=N–C) groups is 1. The summed E-state index contributed by atoms with van der Waals surface area (Å²) in [5.41, 5.74) is 1.42. The van der Waals surface area contributed by atoms with Crippen LogP contribution >= 0.6 is 0 Å². The van der Waals surface area contributed by atoms with Gasteiger partial charge in [0.05, 0.1) is 6.54 Å². The van der Waals surface area contributed by atoms with Crippen molar-refractivity contribution in [2.45, 2.75) is 20.8 Å². The third-order valence-electron chi connectivity index (χ3n) is 1.50. The SMILES string of the molecule is CC(C)(C)C1=CN=CCN1.